The van der Waals surface area contributed by atoms with E-state index in [0.29, 0.717) is 30.9 Å². The maximum atomic E-state index is 14.2. The first-order valence-electron chi connectivity index (χ1n) is 10.0. The summed E-state index contributed by atoms with van der Waals surface area (Å²) in [5, 5.41) is 11.2. The predicted octanol–water partition coefficient (Wildman–Crippen LogP) is 3.85. The van der Waals surface area contributed by atoms with E-state index in [1.54, 1.807) is 0 Å². The van der Waals surface area contributed by atoms with E-state index in [1.165, 1.54) is 35.2 Å². The number of carbonyl (C=O) groups is 1. The molecule has 32 heavy (non-hydrogen) atoms. The Labute approximate surface area is 186 Å². The van der Waals surface area contributed by atoms with E-state index in [4.69, 9.17) is 4.74 Å². The fourth-order valence-electron chi connectivity index (χ4n) is 3.50. The van der Waals surface area contributed by atoms with Crippen LogP contribution in [-0.2, 0) is 4.74 Å². The molecule has 1 aliphatic rings. The molecule has 4 rings (SSSR count). The number of ether oxygens (including phenoxy) is 1. The Morgan fingerprint density at radius 1 is 1.22 bits per heavy atom. The highest BCUT2D eigenvalue weighted by Gasteiger charge is 2.23. The van der Waals surface area contributed by atoms with Gasteiger partial charge in [-0.05, 0) is 24.6 Å². The Bertz CT molecular complexity index is 1130. The molecule has 2 heterocycles. The van der Waals surface area contributed by atoms with Gasteiger partial charge >= 0.3 is 0 Å². The predicted molar refractivity (Wildman–Crippen MR) is 116 cm³/mol. The number of morpholine rings is 1. The highest BCUT2D eigenvalue weighted by atomic mass is 32.1. The van der Waals surface area contributed by atoms with Gasteiger partial charge < -0.3 is 4.74 Å². The van der Waals surface area contributed by atoms with E-state index in [2.05, 4.69) is 9.88 Å². The average Bonchev–Trinajstić information content (AvgIpc) is 3.21. The summed E-state index contributed by atoms with van der Waals surface area (Å²) < 4.78 is 33.5. The van der Waals surface area contributed by atoms with Crippen LogP contribution in [0.25, 0.3) is 10.2 Å². The fraction of sp³-hybridized carbons (Fsp3) is 0.333. The lowest BCUT2D eigenvalue weighted by Crippen LogP contribution is -2.39. The van der Waals surface area contributed by atoms with E-state index in [0.717, 1.165) is 37.0 Å². The molecular weight excluding hydrogens is 442 g/mol. The largest absolute Gasteiger partial charge is 0.379 e. The van der Waals surface area contributed by atoms with E-state index >= 15 is 0 Å². The highest BCUT2D eigenvalue weighted by Crippen LogP contribution is 2.32. The summed E-state index contributed by atoms with van der Waals surface area (Å²) in [6.07, 6.45) is 0.630. The summed E-state index contributed by atoms with van der Waals surface area (Å²) >= 11 is 1.02. The van der Waals surface area contributed by atoms with Crippen LogP contribution in [-0.4, -0.2) is 60.1 Å². The van der Waals surface area contributed by atoms with Crippen molar-refractivity contribution in [3.8, 4) is 0 Å². The van der Waals surface area contributed by atoms with Crippen molar-refractivity contribution < 1.29 is 23.2 Å². The molecule has 0 bridgehead atoms. The minimum Gasteiger partial charge on any atom is -0.379 e. The van der Waals surface area contributed by atoms with Gasteiger partial charge in [-0.25, -0.2) is 13.8 Å². The Morgan fingerprint density at radius 2 is 1.94 bits per heavy atom. The quantitative estimate of drug-likeness (QED) is 0.391. The van der Waals surface area contributed by atoms with Crippen molar-refractivity contribution >= 4 is 38.3 Å². The second-order valence-electron chi connectivity index (χ2n) is 7.30. The summed E-state index contributed by atoms with van der Waals surface area (Å²) in [6.45, 7) is 3.98. The molecule has 0 atom stereocenters. The zero-order valence-corrected chi connectivity index (χ0v) is 17.8. The van der Waals surface area contributed by atoms with Gasteiger partial charge in [-0.2, -0.15) is 0 Å². The lowest BCUT2D eigenvalue weighted by molar-refractivity contribution is -0.384. The summed E-state index contributed by atoms with van der Waals surface area (Å²) in [5.41, 5.74) is 0.118. The van der Waals surface area contributed by atoms with Crippen molar-refractivity contribution in [2.75, 3.05) is 44.3 Å². The van der Waals surface area contributed by atoms with Crippen LogP contribution in [0.1, 0.15) is 16.8 Å². The Balaban J connectivity index is 1.60. The standard InChI is InChI=1S/C21H20F2N4O4S/c22-15-12-17(23)19-18(13-15)32-21(24-19)26(7-1-6-25-8-10-31-11-9-25)20(28)14-2-4-16(5-3-14)27(29)30/h2-5,12-13H,1,6-11H2. The number of nitro groups is 1. The number of non-ortho nitro benzene ring substituents is 1. The van der Waals surface area contributed by atoms with Crippen molar-refractivity contribution in [1.29, 1.82) is 0 Å². The molecular formula is C21H20F2N4O4S. The number of hydrogen-bond acceptors (Lipinski definition) is 7. The second-order valence-corrected chi connectivity index (χ2v) is 8.31. The van der Waals surface area contributed by atoms with Crippen LogP contribution < -0.4 is 4.90 Å². The minimum atomic E-state index is -0.793. The first kappa shape index (κ1) is 22.2. The number of fused-ring (bicyclic) bond motifs is 1. The van der Waals surface area contributed by atoms with Gasteiger partial charge in [0, 0.05) is 49.9 Å². The molecule has 1 aromatic heterocycles. The Morgan fingerprint density at radius 3 is 2.62 bits per heavy atom. The molecule has 0 saturated carbocycles. The number of thiazole rings is 1. The minimum absolute atomic E-state index is 0.000999. The highest BCUT2D eigenvalue weighted by molar-refractivity contribution is 7.22. The van der Waals surface area contributed by atoms with Crippen molar-refractivity contribution in [2.24, 2.45) is 0 Å². The number of aromatic nitrogens is 1. The SMILES string of the molecule is O=C(c1ccc([N+](=O)[O-])cc1)N(CCCN1CCOCC1)c1nc2c(F)cc(F)cc2s1. The number of halogens is 2. The maximum Gasteiger partial charge on any atom is 0.269 e. The molecule has 168 valence electrons. The maximum absolute atomic E-state index is 14.2. The summed E-state index contributed by atoms with van der Waals surface area (Å²) in [7, 11) is 0. The van der Waals surface area contributed by atoms with E-state index in [1.807, 2.05) is 0 Å². The van der Waals surface area contributed by atoms with Gasteiger partial charge in [-0.1, -0.05) is 11.3 Å². The van der Waals surface area contributed by atoms with Gasteiger partial charge in [-0.3, -0.25) is 24.7 Å². The molecule has 8 nitrogen and oxygen atoms in total. The zero-order chi connectivity index (χ0) is 22.7. The first-order chi connectivity index (χ1) is 15.4. The van der Waals surface area contributed by atoms with Crippen LogP contribution >= 0.6 is 11.3 Å². The molecule has 0 aliphatic carbocycles. The summed E-state index contributed by atoms with van der Waals surface area (Å²) in [4.78, 5) is 31.5. The summed E-state index contributed by atoms with van der Waals surface area (Å²) in [5.74, 6) is -1.92. The number of anilines is 1. The van der Waals surface area contributed by atoms with Gasteiger partial charge in [-0.15, -0.1) is 0 Å². The number of nitro benzene ring substituents is 1. The van der Waals surface area contributed by atoms with Crippen LogP contribution in [0.4, 0.5) is 19.6 Å². The molecule has 3 aromatic rings. The fourth-order valence-corrected chi connectivity index (χ4v) is 4.53. The average molecular weight is 462 g/mol. The van der Waals surface area contributed by atoms with E-state index in [-0.39, 0.29) is 21.9 Å². The lowest BCUT2D eigenvalue weighted by Gasteiger charge is -2.27. The molecule has 0 spiro atoms. The molecule has 2 aromatic carbocycles. The van der Waals surface area contributed by atoms with E-state index < -0.39 is 22.5 Å². The third kappa shape index (κ3) is 4.90. The molecule has 0 N–H and O–H groups in total. The molecule has 1 fully saturated rings. The Hall–Kier alpha value is -3.02. The molecule has 1 amide bonds. The molecule has 0 unspecified atom stereocenters. The van der Waals surface area contributed by atoms with Gasteiger partial charge in [0.15, 0.2) is 10.9 Å². The Kier molecular flexibility index (Phi) is 6.68. The van der Waals surface area contributed by atoms with Crippen molar-refractivity contribution in [3.63, 3.8) is 0 Å². The number of hydrogen-bond donors (Lipinski definition) is 0. The topological polar surface area (TPSA) is 88.8 Å². The van der Waals surface area contributed by atoms with Gasteiger partial charge in [0.25, 0.3) is 11.6 Å². The van der Waals surface area contributed by atoms with Crippen molar-refractivity contribution in [3.05, 3.63) is 63.7 Å². The smallest absolute Gasteiger partial charge is 0.269 e. The van der Waals surface area contributed by atoms with Gasteiger partial charge in [0.2, 0.25) is 0 Å². The summed E-state index contributed by atoms with van der Waals surface area (Å²) in [6, 6.07) is 7.21. The van der Waals surface area contributed by atoms with Crippen molar-refractivity contribution in [1.82, 2.24) is 9.88 Å². The number of rotatable bonds is 7. The number of amides is 1. The number of nitrogens with zero attached hydrogens (tertiary/aromatic N) is 4. The third-order valence-electron chi connectivity index (χ3n) is 5.16. The first-order valence-corrected chi connectivity index (χ1v) is 10.9. The van der Waals surface area contributed by atoms with Gasteiger partial charge in [0.05, 0.1) is 22.8 Å². The second kappa shape index (κ2) is 9.63. The number of carbonyl (C=O) groups excluding carboxylic acids is 1. The lowest BCUT2D eigenvalue weighted by atomic mass is 10.2. The van der Waals surface area contributed by atoms with Crippen molar-refractivity contribution in [2.45, 2.75) is 6.42 Å². The normalized spacial score (nSPS) is 14.6. The number of benzene rings is 2. The van der Waals surface area contributed by atoms with Crippen LogP contribution in [0.3, 0.4) is 0 Å². The van der Waals surface area contributed by atoms with Crippen LogP contribution in [0, 0.1) is 21.7 Å². The van der Waals surface area contributed by atoms with Crippen LogP contribution in [0.2, 0.25) is 0 Å². The van der Waals surface area contributed by atoms with E-state index in [9.17, 15) is 23.7 Å². The third-order valence-corrected chi connectivity index (χ3v) is 6.19. The van der Waals surface area contributed by atoms with Crippen LogP contribution in [0.5, 0.6) is 0 Å². The van der Waals surface area contributed by atoms with Gasteiger partial charge in [0.1, 0.15) is 11.3 Å². The molecule has 0 radical (unpaired) electrons. The molecule has 11 heteroatoms. The zero-order valence-electron chi connectivity index (χ0n) is 17.0. The monoisotopic (exact) mass is 462 g/mol. The molecule has 1 aliphatic heterocycles. The van der Waals surface area contributed by atoms with Crippen LogP contribution in [0.15, 0.2) is 36.4 Å². The molecule has 1 saturated heterocycles.